The van der Waals surface area contributed by atoms with Gasteiger partial charge in [-0.2, -0.15) is 0 Å². The summed E-state index contributed by atoms with van der Waals surface area (Å²) in [6.45, 7) is 2.10. The van der Waals surface area contributed by atoms with Crippen molar-refractivity contribution in [1.29, 1.82) is 0 Å². The van der Waals surface area contributed by atoms with Gasteiger partial charge >= 0.3 is 0 Å². The van der Waals surface area contributed by atoms with Crippen molar-refractivity contribution in [3.05, 3.63) is 30.1 Å². The molecule has 2 fully saturated rings. The summed E-state index contributed by atoms with van der Waals surface area (Å²) in [5.41, 5.74) is 0.697. The lowest BCUT2D eigenvalue weighted by Gasteiger charge is -2.07. The summed E-state index contributed by atoms with van der Waals surface area (Å²) in [7, 11) is 0. The number of piperidine rings is 1. The molecule has 1 amide bonds. The lowest BCUT2D eigenvalue weighted by atomic mass is 10.2. The van der Waals surface area contributed by atoms with Crippen LogP contribution < -0.4 is 10.6 Å². The molecule has 1 saturated carbocycles. The van der Waals surface area contributed by atoms with Gasteiger partial charge in [-0.1, -0.05) is 0 Å². The third-order valence-electron chi connectivity index (χ3n) is 3.33. The molecular formula is C11H13N3O. The predicted molar refractivity (Wildman–Crippen MR) is 55.3 cm³/mol. The van der Waals surface area contributed by atoms with E-state index in [2.05, 4.69) is 15.6 Å². The zero-order chi connectivity index (χ0) is 10.3. The molecule has 3 rings (SSSR count). The second kappa shape index (κ2) is 3.31. The van der Waals surface area contributed by atoms with Crippen LogP contribution >= 0.6 is 0 Å². The number of carbonyl (C=O) groups excluding carboxylic acids is 1. The highest BCUT2D eigenvalue weighted by atomic mass is 16.1. The number of pyridine rings is 1. The molecule has 1 aromatic heterocycles. The van der Waals surface area contributed by atoms with Gasteiger partial charge in [-0.05, 0) is 24.0 Å². The van der Waals surface area contributed by atoms with Crippen LogP contribution in [-0.4, -0.2) is 30.0 Å². The number of fused-ring (bicyclic) bond motifs is 1. The fraction of sp³-hybridized carbons (Fsp3) is 0.455. The van der Waals surface area contributed by atoms with Crippen LogP contribution in [0, 0.1) is 11.8 Å². The van der Waals surface area contributed by atoms with Crippen molar-refractivity contribution in [3.63, 3.8) is 0 Å². The van der Waals surface area contributed by atoms with Gasteiger partial charge in [0, 0.05) is 37.1 Å². The number of nitrogens with one attached hydrogen (secondary N) is 2. The van der Waals surface area contributed by atoms with Crippen molar-refractivity contribution in [2.24, 2.45) is 11.8 Å². The number of hydrogen-bond acceptors (Lipinski definition) is 3. The smallest absolute Gasteiger partial charge is 0.251 e. The summed E-state index contributed by atoms with van der Waals surface area (Å²) in [5, 5.41) is 6.37. The second-order valence-corrected chi connectivity index (χ2v) is 4.22. The van der Waals surface area contributed by atoms with Crippen LogP contribution in [0.2, 0.25) is 0 Å². The molecule has 2 atom stereocenters. The summed E-state index contributed by atoms with van der Waals surface area (Å²) in [5.74, 6) is 1.35. The maximum atomic E-state index is 11.8. The molecule has 1 aliphatic heterocycles. The molecular weight excluding hydrogens is 190 g/mol. The van der Waals surface area contributed by atoms with Gasteiger partial charge < -0.3 is 10.6 Å². The van der Waals surface area contributed by atoms with Crippen molar-refractivity contribution >= 4 is 5.91 Å². The van der Waals surface area contributed by atoms with Crippen LogP contribution in [0.3, 0.4) is 0 Å². The first-order chi connectivity index (χ1) is 7.36. The Labute approximate surface area is 88.1 Å². The SMILES string of the molecule is O=C(NC1C2CNCC21)c1ccncc1. The Morgan fingerprint density at radius 2 is 2.00 bits per heavy atom. The van der Waals surface area contributed by atoms with Crippen molar-refractivity contribution in [2.45, 2.75) is 6.04 Å². The van der Waals surface area contributed by atoms with Gasteiger partial charge in [0.25, 0.3) is 5.91 Å². The van der Waals surface area contributed by atoms with Crippen LogP contribution in [0.4, 0.5) is 0 Å². The van der Waals surface area contributed by atoms with E-state index in [1.165, 1.54) is 0 Å². The number of carbonyl (C=O) groups is 1. The standard InChI is InChI=1S/C11H13N3O/c15-11(7-1-3-12-4-2-7)14-10-8-5-13-6-9(8)10/h1-4,8-10,13H,5-6H2,(H,14,15). The van der Waals surface area contributed by atoms with E-state index >= 15 is 0 Å². The summed E-state index contributed by atoms with van der Waals surface area (Å²) in [4.78, 5) is 15.7. The van der Waals surface area contributed by atoms with E-state index in [1.54, 1.807) is 24.5 Å². The average Bonchev–Trinajstić information content (AvgIpc) is 2.75. The fourth-order valence-electron chi connectivity index (χ4n) is 2.37. The highest BCUT2D eigenvalue weighted by molar-refractivity contribution is 5.94. The van der Waals surface area contributed by atoms with E-state index in [9.17, 15) is 4.79 Å². The third-order valence-corrected chi connectivity index (χ3v) is 3.33. The van der Waals surface area contributed by atoms with Crippen molar-refractivity contribution in [1.82, 2.24) is 15.6 Å². The van der Waals surface area contributed by atoms with Gasteiger partial charge in [0.1, 0.15) is 0 Å². The fourth-order valence-corrected chi connectivity index (χ4v) is 2.37. The number of nitrogens with zero attached hydrogens (tertiary/aromatic N) is 1. The molecule has 4 heteroatoms. The number of hydrogen-bond donors (Lipinski definition) is 2. The maximum absolute atomic E-state index is 11.8. The Hall–Kier alpha value is -1.42. The van der Waals surface area contributed by atoms with Crippen LogP contribution in [0.25, 0.3) is 0 Å². The van der Waals surface area contributed by atoms with Crippen molar-refractivity contribution in [3.8, 4) is 0 Å². The largest absolute Gasteiger partial charge is 0.349 e. The Balaban J connectivity index is 1.63. The van der Waals surface area contributed by atoms with Crippen molar-refractivity contribution in [2.75, 3.05) is 13.1 Å². The number of rotatable bonds is 2. The average molecular weight is 203 g/mol. The zero-order valence-corrected chi connectivity index (χ0v) is 8.31. The number of amides is 1. The molecule has 0 aromatic carbocycles. The highest BCUT2D eigenvalue weighted by Gasteiger charge is 2.53. The van der Waals surface area contributed by atoms with Gasteiger partial charge in [0.2, 0.25) is 0 Å². The first-order valence-corrected chi connectivity index (χ1v) is 5.28. The molecule has 4 nitrogen and oxygen atoms in total. The molecule has 78 valence electrons. The van der Waals surface area contributed by atoms with Crippen LogP contribution in [0.5, 0.6) is 0 Å². The Kier molecular flexibility index (Phi) is 1.95. The van der Waals surface area contributed by atoms with E-state index < -0.39 is 0 Å². The lowest BCUT2D eigenvalue weighted by molar-refractivity contribution is 0.0946. The molecule has 2 heterocycles. The Morgan fingerprint density at radius 1 is 1.33 bits per heavy atom. The molecule has 2 N–H and O–H groups in total. The van der Waals surface area contributed by atoms with Gasteiger partial charge in [0.15, 0.2) is 0 Å². The monoisotopic (exact) mass is 203 g/mol. The molecule has 1 aliphatic carbocycles. The predicted octanol–water partition coefficient (Wildman–Crippen LogP) is 0.0292. The van der Waals surface area contributed by atoms with E-state index in [0.717, 1.165) is 13.1 Å². The third kappa shape index (κ3) is 1.51. The van der Waals surface area contributed by atoms with Crippen molar-refractivity contribution < 1.29 is 4.79 Å². The maximum Gasteiger partial charge on any atom is 0.251 e. The van der Waals surface area contributed by atoms with E-state index in [4.69, 9.17) is 0 Å². The van der Waals surface area contributed by atoms with E-state index in [-0.39, 0.29) is 5.91 Å². The van der Waals surface area contributed by atoms with Crippen LogP contribution in [0.1, 0.15) is 10.4 Å². The first kappa shape index (κ1) is 8.85. The summed E-state index contributed by atoms with van der Waals surface area (Å²) in [6.07, 6.45) is 3.29. The molecule has 0 radical (unpaired) electrons. The Bertz CT molecular complexity index is 369. The molecule has 0 bridgehead atoms. The highest BCUT2D eigenvalue weighted by Crippen LogP contribution is 2.41. The van der Waals surface area contributed by atoms with Crippen LogP contribution in [-0.2, 0) is 0 Å². The van der Waals surface area contributed by atoms with E-state index in [0.29, 0.717) is 23.4 Å². The molecule has 15 heavy (non-hydrogen) atoms. The van der Waals surface area contributed by atoms with Crippen LogP contribution in [0.15, 0.2) is 24.5 Å². The first-order valence-electron chi connectivity index (χ1n) is 5.28. The van der Waals surface area contributed by atoms with Gasteiger partial charge in [-0.15, -0.1) is 0 Å². The molecule has 1 saturated heterocycles. The van der Waals surface area contributed by atoms with Gasteiger partial charge in [0.05, 0.1) is 0 Å². The number of aromatic nitrogens is 1. The summed E-state index contributed by atoms with van der Waals surface area (Å²) in [6, 6.07) is 3.88. The molecule has 2 unspecified atom stereocenters. The summed E-state index contributed by atoms with van der Waals surface area (Å²) < 4.78 is 0. The Morgan fingerprint density at radius 3 is 2.67 bits per heavy atom. The quantitative estimate of drug-likeness (QED) is 0.713. The molecule has 2 aliphatic rings. The molecule has 0 spiro atoms. The minimum absolute atomic E-state index is 0.0248. The molecule has 1 aromatic rings. The minimum Gasteiger partial charge on any atom is -0.349 e. The van der Waals surface area contributed by atoms with Gasteiger partial charge in [-0.25, -0.2) is 0 Å². The minimum atomic E-state index is 0.0248. The second-order valence-electron chi connectivity index (χ2n) is 4.22. The van der Waals surface area contributed by atoms with E-state index in [1.807, 2.05) is 0 Å². The normalized spacial score (nSPS) is 32.1. The lowest BCUT2D eigenvalue weighted by Crippen LogP contribution is -2.32. The topological polar surface area (TPSA) is 54.0 Å². The van der Waals surface area contributed by atoms with Gasteiger partial charge in [-0.3, -0.25) is 9.78 Å². The zero-order valence-electron chi connectivity index (χ0n) is 8.31. The summed E-state index contributed by atoms with van der Waals surface area (Å²) >= 11 is 0.